The van der Waals surface area contributed by atoms with Gasteiger partial charge >= 0.3 is 0 Å². The molecule has 1 aromatic carbocycles. The maximum absolute atomic E-state index is 6.06. The molecule has 0 saturated carbocycles. The van der Waals surface area contributed by atoms with Crippen molar-refractivity contribution in [3.05, 3.63) is 29.8 Å². The third-order valence-electron chi connectivity index (χ3n) is 3.85. The van der Waals surface area contributed by atoms with E-state index in [0.29, 0.717) is 11.8 Å². The van der Waals surface area contributed by atoms with Gasteiger partial charge in [0.15, 0.2) is 0 Å². The van der Waals surface area contributed by atoms with Crippen LogP contribution in [0.1, 0.15) is 38.4 Å². The predicted octanol–water partition coefficient (Wildman–Crippen LogP) is 4.12. The van der Waals surface area contributed by atoms with Gasteiger partial charge in [0.2, 0.25) is 0 Å². The molecule has 1 aliphatic heterocycles. The minimum atomic E-state index is 0.263. The summed E-state index contributed by atoms with van der Waals surface area (Å²) in [6.45, 7) is 7.56. The van der Waals surface area contributed by atoms with Crippen LogP contribution in [0.15, 0.2) is 29.2 Å². The fourth-order valence-electron chi connectivity index (χ4n) is 2.77. The van der Waals surface area contributed by atoms with E-state index in [-0.39, 0.29) is 6.10 Å². The van der Waals surface area contributed by atoms with Crippen LogP contribution in [0.25, 0.3) is 0 Å². The van der Waals surface area contributed by atoms with Gasteiger partial charge < -0.3 is 10.1 Å². The third kappa shape index (κ3) is 4.51. The summed E-state index contributed by atoms with van der Waals surface area (Å²) < 4.78 is 6.06. The van der Waals surface area contributed by atoms with Crippen molar-refractivity contribution in [3.63, 3.8) is 0 Å². The fraction of sp³-hybridized carbons (Fsp3) is 0.647. The summed E-state index contributed by atoms with van der Waals surface area (Å²) in [6.07, 6.45) is 4.83. The average molecular weight is 293 g/mol. The van der Waals surface area contributed by atoms with E-state index in [1.165, 1.54) is 23.3 Å². The Morgan fingerprint density at radius 2 is 2.05 bits per heavy atom. The summed E-state index contributed by atoms with van der Waals surface area (Å²) in [6, 6.07) is 8.88. The SMILES string of the molecule is CSc1ccc(C2OCCCC2CNCC(C)C)cc1. The highest BCUT2D eigenvalue weighted by molar-refractivity contribution is 7.98. The lowest BCUT2D eigenvalue weighted by Gasteiger charge is -2.32. The van der Waals surface area contributed by atoms with Gasteiger partial charge in [-0.05, 0) is 49.3 Å². The second kappa shape index (κ2) is 8.06. The summed E-state index contributed by atoms with van der Waals surface area (Å²) in [5.41, 5.74) is 1.33. The van der Waals surface area contributed by atoms with E-state index in [0.717, 1.165) is 19.7 Å². The average Bonchev–Trinajstić information content (AvgIpc) is 2.47. The van der Waals surface area contributed by atoms with Gasteiger partial charge in [0, 0.05) is 24.0 Å². The van der Waals surface area contributed by atoms with Crippen molar-refractivity contribution in [2.45, 2.75) is 37.7 Å². The molecule has 1 heterocycles. The molecule has 0 radical (unpaired) electrons. The van der Waals surface area contributed by atoms with E-state index >= 15 is 0 Å². The minimum Gasteiger partial charge on any atom is -0.373 e. The number of thioether (sulfide) groups is 1. The van der Waals surface area contributed by atoms with E-state index in [4.69, 9.17) is 4.74 Å². The largest absolute Gasteiger partial charge is 0.373 e. The van der Waals surface area contributed by atoms with Crippen LogP contribution in [-0.2, 0) is 4.74 Å². The minimum absolute atomic E-state index is 0.263. The molecule has 0 bridgehead atoms. The van der Waals surface area contributed by atoms with Gasteiger partial charge in [-0.2, -0.15) is 0 Å². The zero-order chi connectivity index (χ0) is 14.4. The van der Waals surface area contributed by atoms with E-state index in [1.54, 1.807) is 11.8 Å². The van der Waals surface area contributed by atoms with E-state index in [9.17, 15) is 0 Å². The van der Waals surface area contributed by atoms with Gasteiger partial charge in [0.05, 0.1) is 6.10 Å². The Morgan fingerprint density at radius 1 is 1.30 bits per heavy atom. The lowest BCUT2D eigenvalue weighted by molar-refractivity contribution is -0.0279. The van der Waals surface area contributed by atoms with E-state index in [1.807, 2.05) is 0 Å². The smallest absolute Gasteiger partial charge is 0.0865 e. The predicted molar refractivity (Wildman–Crippen MR) is 87.3 cm³/mol. The topological polar surface area (TPSA) is 21.3 Å². The van der Waals surface area contributed by atoms with Crippen LogP contribution in [0.3, 0.4) is 0 Å². The molecule has 1 fully saturated rings. The van der Waals surface area contributed by atoms with E-state index < -0.39 is 0 Å². The molecule has 1 aromatic rings. The molecule has 2 nitrogen and oxygen atoms in total. The van der Waals surface area contributed by atoms with Gasteiger partial charge in [-0.15, -0.1) is 11.8 Å². The number of hydrogen-bond donors (Lipinski definition) is 1. The number of ether oxygens (including phenoxy) is 1. The molecule has 0 aliphatic carbocycles. The van der Waals surface area contributed by atoms with E-state index in [2.05, 4.69) is 49.7 Å². The van der Waals surface area contributed by atoms with Crippen LogP contribution < -0.4 is 5.32 Å². The molecule has 20 heavy (non-hydrogen) atoms. The Hall–Kier alpha value is -0.510. The quantitative estimate of drug-likeness (QED) is 0.797. The maximum Gasteiger partial charge on any atom is 0.0865 e. The summed E-state index contributed by atoms with van der Waals surface area (Å²) in [5, 5.41) is 3.59. The van der Waals surface area contributed by atoms with Crippen molar-refractivity contribution >= 4 is 11.8 Å². The summed E-state index contributed by atoms with van der Waals surface area (Å²) in [7, 11) is 0. The van der Waals surface area contributed by atoms with Gasteiger partial charge in [0.25, 0.3) is 0 Å². The first-order chi connectivity index (χ1) is 9.70. The highest BCUT2D eigenvalue weighted by Crippen LogP contribution is 2.33. The molecule has 112 valence electrons. The zero-order valence-electron chi connectivity index (χ0n) is 12.9. The van der Waals surface area contributed by atoms with Crippen molar-refractivity contribution in [1.29, 1.82) is 0 Å². The first-order valence-electron chi connectivity index (χ1n) is 7.67. The summed E-state index contributed by atoms with van der Waals surface area (Å²) >= 11 is 1.79. The van der Waals surface area contributed by atoms with Crippen LogP contribution in [-0.4, -0.2) is 26.0 Å². The number of rotatable bonds is 6. The lowest BCUT2D eigenvalue weighted by Crippen LogP contribution is -2.33. The maximum atomic E-state index is 6.06. The lowest BCUT2D eigenvalue weighted by atomic mass is 9.89. The number of benzene rings is 1. The van der Waals surface area contributed by atoms with Gasteiger partial charge in [0.1, 0.15) is 0 Å². The Bertz CT molecular complexity index is 390. The van der Waals surface area contributed by atoms with Crippen LogP contribution in [0.5, 0.6) is 0 Å². The van der Waals surface area contributed by atoms with Gasteiger partial charge in [-0.3, -0.25) is 0 Å². The first-order valence-corrected chi connectivity index (χ1v) is 8.89. The van der Waals surface area contributed by atoms with Crippen molar-refractivity contribution in [2.24, 2.45) is 11.8 Å². The molecular formula is C17H27NOS. The molecule has 0 aromatic heterocycles. The molecule has 1 aliphatic rings. The normalized spacial score (nSPS) is 23.2. The zero-order valence-corrected chi connectivity index (χ0v) is 13.7. The fourth-order valence-corrected chi connectivity index (χ4v) is 3.18. The summed E-state index contributed by atoms with van der Waals surface area (Å²) in [5.74, 6) is 1.31. The Kier molecular flexibility index (Phi) is 6.40. The monoisotopic (exact) mass is 293 g/mol. The molecule has 0 spiro atoms. The van der Waals surface area contributed by atoms with Crippen molar-refractivity contribution in [3.8, 4) is 0 Å². The van der Waals surface area contributed by atoms with Gasteiger partial charge in [-0.25, -0.2) is 0 Å². The van der Waals surface area contributed by atoms with Crippen molar-refractivity contribution in [1.82, 2.24) is 5.32 Å². The summed E-state index contributed by atoms with van der Waals surface area (Å²) in [4.78, 5) is 1.32. The molecular weight excluding hydrogens is 266 g/mol. The Labute approximate surface area is 127 Å². The number of nitrogens with one attached hydrogen (secondary N) is 1. The molecule has 0 amide bonds. The Morgan fingerprint density at radius 3 is 2.70 bits per heavy atom. The Balaban J connectivity index is 1.98. The van der Waals surface area contributed by atoms with Crippen LogP contribution in [0.4, 0.5) is 0 Å². The van der Waals surface area contributed by atoms with Crippen LogP contribution >= 0.6 is 11.8 Å². The second-order valence-corrected chi connectivity index (χ2v) is 6.90. The third-order valence-corrected chi connectivity index (χ3v) is 4.59. The second-order valence-electron chi connectivity index (χ2n) is 6.02. The molecule has 2 unspecified atom stereocenters. The van der Waals surface area contributed by atoms with Crippen molar-refractivity contribution < 1.29 is 4.74 Å². The highest BCUT2D eigenvalue weighted by Gasteiger charge is 2.27. The first kappa shape index (κ1) is 15.9. The van der Waals surface area contributed by atoms with Crippen LogP contribution in [0, 0.1) is 11.8 Å². The molecule has 2 rings (SSSR count). The highest BCUT2D eigenvalue weighted by atomic mass is 32.2. The van der Waals surface area contributed by atoms with Crippen molar-refractivity contribution in [2.75, 3.05) is 26.0 Å². The molecule has 1 saturated heterocycles. The van der Waals surface area contributed by atoms with Gasteiger partial charge in [-0.1, -0.05) is 26.0 Å². The number of hydrogen-bond acceptors (Lipinski definition) is 3. The molecule has 1 N–H and O–H groups in total. The molecule has 3 heteroatoms. The molecule has 2 atom stereocenters. The standard InChI is InChI=1S/C17H27NOS/c1-13(2)11-18-12-15-5-4-10-19-17(15)14-6-8-16(20-3)9-7-14/h6-9,13,15,17-18H,4-5,10-12H2,1-3H3. The van der Waals surface area contributed by atoms with Crippen LogP contribution in [0.2, 0.25) is 0 Å².